The molecule has 0 N–H and O–H groups in total. The molecule has 1 atom stereocenters. The van der Waals surface area contributed by atoms with E-state index in [0.29, 0.717) is 5.92 Å². The molecule has 1 aromatic heterocycles. The lowest BCUT2D eigenvalue weighted by Gasteiger charge is -2.29. The maximum absolute atomic E-state index is 8.91. The van der Waals surface area contributed by atoms with E-state index in [0.717, 1.165) is 17.6 Å². The predicted octanol–water partition coefficient (Wildman–Crippen LogP) is 3.42. The van der Waals surface area contributed by atoms with E-state index in [1.54, 1.807) is 0 Å². The molecule has 1 rings (SSSR count). The summed E-state index contributed by atoms with van der Waals surface area (Å²) < 4.78 is 2.02. The molecule has 1 heterocycles. The number of alkyl halides is 1. The van der Waals surface area contributed by atoms with E-state index in [2.05, 4.69) is 42.8 Å². The van der Waals surface area contributed by atoms with E-state index < -0.39 is 0 Å². The summed E-state index contributed by atoms with van der Waals surface area (Å²) in [6.45, 7) is 7.59. The third kappa shape index (κ3) is 3.10. The van der Waals surface area contributed by atoms with E-state index in [1.807, 2.05) is 22.9 Å². The topological polar surface area (TPSA) is 28.7 Å². The first-order chi connectivity index (χ1) is 6.99. The number of hydrogen-bond acceptors (Lipinski definition) is 1. The molecule has 0 aliphatic carbocycles. The first-order valence-electron chi connectivity index (χ1n) is 5.10. The summed E-state index contributed by atoms with van der Waals surface area (Å²) in [5, 5.41) is 9.87. The van der Waals surface area contributed by atoms with Crippen molar-refractivity contribution in [3.8, 4) is 6.07 Å². The SMILES string of the molecule is CC(C)(C)C(CBr)Cn1cccc1C#N. The number of hydrogen-bond donors (Lipinski definition) is 0. The maximum Gasteiger partial charge on any atom is 0.120 e. The van der Waals surface area contributed by atoms with Gasteiger partial charge in [0.2, 0.25) is 0 Å². The summed E-state index contributed by atoms with van der Waals surface area (Å²) in [5.41, 5.74) is 0.991. The molecule has 3 heteroatoms. The third-order valence-electron chi connectivity index (χ3n) is 2.77. The van der Waals surface area contributed by atoms with Gasteiger partial charge in [0.05, 0.1) is 0 Å². The first-order valence-corrected chi connectivity index (χ1v) is 6.22. The van der Waals surface area contributed by atoms with E-state index in [9.17, 15) is 0 Å². The molecule has 1 unspecified atom stereocenters. The summed E-state index contributed by atoms with van der Waals surface area (Å²) in [4.78, 5) is 0. The van der Waals surface area contributed by atoms with Crippen LogP contribution in [0.5, 0.6) is 0 Å². The van der Waals surface area contributed by atoms with Crippen LogP contribution in [0.15, 0.2) is 18.3 Å². The van der Waals surface area contributed by atoms with Gasteiger partial charge in [-0.05, 0) is 23.5 Å². The molecule has 0 bridgehead atoms. The van der Waals surface area contributed by atoms with Gasteiger partial charge in [0.25, 0.3) is 0 Å². The first kappa shape index (κ1) is 12.3. The van der Waals surface area contributed by atoms with Crippen molar-refractivity contribution in [2.75, 3.05) is 5.33 Å². The Balaban J connectivity index is 2.81. The molecular weight excluding hydrogens is 252 g/mol. The fourth-order valence-electron chi connectivity index (χ4n) is 1.47. The molecule has 15 heavy (non-hydrogen) atoms. The second-order valence-electron chi connectivity index (χ2n) is 4.87. The lowest BCUT2D eigenvalue weighted by Crippen LogP contribution is -2.26. The minimum absolute atomic E-state index is 0.250. The second kappa shape index (κ2) is 4.85. The van der Waals surface area contributed by atoms with Crippen LogP contribution < -0.4 is 0 Å². The monoisotopic (exact) mass is 268 g/mol. The molecule has 1 aromatic rings. The van der Waals surface area contributed by atoms with Gasteiger partial charge >= 0.3 is 0 Å². The van der Waals surface area contributed by atoms with E-state index in [4.69, 9.17) is 5.26 Å². The quantitative estimate of drug-likeness (QED) is 0.773. The summed E-state index contributed by atoms with van der Waals surface area (Å²) in [7, 11) is 0. The Hall–Kier alpha value is -0.750. The number of halogens is 1. The Kier molecular flexibility index (Phi) is 3.98. The molecule has 0 amide bonds. The van der Waals surface area contributed by atoms with Crippen molar-refractivity contribution in [1.82, 2.24) is 4.57 Å². The lowest BCUT2D eigenvalue weighted by atomic mass is 9.82. The highest BCUT2D eigenvalue weighted by Crippen LogP contribution is 2.29. The fourth-order valence-corrected chi connectivity index (χ4v) is 2.64. The Morgan fingerprint density at radius 1 is 1.53 bits per heavy atom. The second-order valence-corrected chi connectivity index (χ2v) is 5.52. The molecular formula is C12H17BrN2. The molecule has 0 saturated carbocycles. The van der Waals surface area contributed by atoms with Crippen molar-refractivity contribution in [3.63, 3.8) is 0 Å². The summed E-state index contributed by atoms with van der Waals surface area (Å²) in [6, 6.07) is 5.98. The van der Waals surface area contributed by atoms with Crippen molar-refractivity contribution < 1.29 is 0 Å². The zero-order chi connectivity index (χ0) is 11.5. The average molecular weight is 269 g/mol. The molecule has 0 aliphatic heterocycles. The Bertz CT molecular complexity index is 354. The number of aromatic nitrogens is 1. The van der Waals surface area contributed by atoms with Crippen LogP contribution in [0.3, 0.4) is 0 Å². The molecule has 0 saturated heterocycles. The zero-order valence-corrected chi connectivity index (χ0v) is 11.1. The number of nitriles is 1. The predicted molar refractivity (Wildman–Crippen MR) is 65.9 cm³/mol. The van der Waals surface area contributed by atoms with Gasteiger partial charge in [0.15, 0.2) is 0 Å². The highest BCUT2D eigenvalue weighted by molar-refractivity contribution is 9.09. The number of rotatable bonds is 3. The van der Waals surface area contributed by atoms with Gasteiger partial charge in [-0.3, -0.25) is 0 Å². The van der Waals surface area contributed by atoms with Crippen LogP contribution in [0.2, 0.25) is 0 Å². The van der Waals surface area contributed by atoms with E-state index in [1.165, 1.54) is 0 Å². The summed E-state index contributed by atoms with van der Waals surface area (Å²) in [6.07, 6.45) is 1.97. The largest absolute Gasteiger partial charge is 0.339 e. The van der Waals surface area contributed by atoms with Gasteiger partial charge in [0.1, 0.15) is 11.8 Å². The average Bonchev–Trinajstić information content (AvgIpc) is 2.59. The van der Waals surface area contributed by atoms with Crippen molar-refractivity contribution in [1.29, 1.82) is 5.26 Å². The van der Waals surface area contributed by atoms with Crippen LogP contribution in [-0.4, -0.2) is 9.90 Å². The van der Waals surface area contributed by atoms with E-state index in [-0.39, 0.29) is 5.41 Å². The van der Waals surface area contributed by atoms with Crippen LogP contribution in [0.25, 0.3) is 0 Å². The summed E-state index contributed by atoms with van der Waals surface area (Å²) in [5.74, 6) is 0.525. The molecule has 82 valence electrons. The Morgan fingerprint density at radius 2 is 2.20 bits per heavy atom. The van der Waals surface area contributed by atoms with Crippen LogP contribution in [0.1, 0.15) is 26.5 Å². The zero-order valence-electron chi connectivity index (χ0n) is 9.50. The van der Waals surface area contributed by atoms with Crippen molar-refractivity contribution in [3.05, 3.63) is 24.0 Å². The Labute approximate surface area is 100 Å². The highest BCUT2D eigenvalue weighted by Gasteiger charge is 2.24. The van der Waals surface area contributed by atoms with Gasteiger partial charge in [-0.25, -0.2) is 0 Å². The van der Waals surface area contributed by atoms with Crippen molar-refractivity contribution in [2.24, 2.45) is 11.3 Å². The number of nitrogens with zero attached hydrogens (tertiary/aromatic N) is 2. The van der Waals surface area contributed by atoms with Crippen molar-refractivity contribution in [2.45, 2.75) is 27.3 Å². The van der Waals surface area contributed by atoms with Crippen molar-refractivity contribution >= 4 is 15.9 Å². The minimum atomic E-state index is 0.250. The molecule has 0 radical (unpaired) electrons. The lowest BCUT2D eigenvalue weighted by molar-refractivity contribution is 0.239. The van der Waals surface area contributed by atoms with Gasteiger partial charge < -0.3 is 4.57 Å². The van der Waals surface area contributed by atoms with Crippen LogP contribution >= 0.6 is 15.9 Å². The van der Waals surface area contributed by atoms with Crippen LogP contribution in [-0.2, 0) is 6.54 Å². The normalized spacial score (nSPS) is 13.5. The van der Waals surface area contributed by atoms with Gasteiger partial charge in [-0.1, -0.05) is 36.7 Å². The highest BCUT2D eigenvalue weighted by atomic mass is 79.9. The van der Waals surface area contributed by atoms with Crippen LogP contribution in [0, 0.1) is 22.7 Å². The third-order valence-corrected chi connectivity index (χ3v) is 3.55. The summed E-state index contributed by atoms with van der Waals surface area (Å²) >= 11 is 3.55. The minimum Gasteiger partial charge on any atom is -0.339 e. The Morgan fingerprint density at radius 3 is 2.67 bits per heavy atom. The maximum atomic E-state index is 8.91. The molecule has 0 fully saturated rings. The standard InChI is InChI=1S/C12H17BrN2/c1-12(2,3)10(7-13)9-15-6-4-5-11(15)8-14/h4-6,10H,7,9H2,1-3H3. The smallest absolute Gasteiger partial charge is 0.120 e. The molecule has 0 aromatic carbocycles. The molecule has 0 spiro atoms. The van der Waals surface area contributed by atoms with Gasteiger partial charge in [-0.15, -0.1) is 0 Å². The van der Waals surface area contributed by atoms with Crippen LogP contribution in [0.4, 0.5) is 0 Å². The van der Waals surface area contributed by atoms with E-state index >= 15 is 0 Å². The van der Waals surface area contributed by atoms with Gasteiger partial charge in [0, 0.05) is 18.1 Å². The molecule has 2 nitrogen and oxygen atoms in total. The molecule has 0 aliphatic rings. The van der Waals surface area contributed by atoms with Gasteiger partial charge in [-0.2, -0.15) is 5.26 Å². The fraction of sp³-hybridized carbons (Fsp3) is 0.583.